The summed E-state index contributed by atoms with van der Waals surface area (Å²) in [6, 6.07) is 0. The van der Waals surface area contributed by atoms with Gasteiger partial charge < -0.3 is 20.4 Å². The molecule has 6 heteroatoms. The number of quaternary nitrogens is 1. The molecule has 0 aromatic rings. The third-order valence-corrected chi connectivity index (χ3v) is 3.83. The van der Waals surface area contributed by atoms with Crippen molar-refractivity contribution in [2.75, 3.05) is 33.7 Å². The highest BCUT2D eigenvalue weighted by molar-refractivity contribution is 5.75. The fourth-order valence-corrected chi connectivity index (χ4v) is 2.51. The lowest BCUT2D eigenvalue weighted by atomic mass is 10.1. The van der Waals surface area contributed by atoms with E-state index in [0.717, 1.165) is 25.8 Å². The molecule has 0 aliphatic heterocycles. The number of hydrogen-bond acceptors (Lipinski definition) is 3. The average Bonchev–Trinajstić information content (AvgIpc) is 2.41. The lowest BCUT2D eigenvalue weighted by Gasteiger charge is -2.27. The molecule has 0 radical (unpaired) electrons. The number of carboxylic acids is 1. The van der Waals surface area contributed by atoms with E-state index in [-0.39, 0.29) is 17.9 Å². The Hall–Kier alpha value is -1.14. The van der Waals surface area contributed by atoms with Crippen molar-refractivity contribution in [3.8, 4) is 0 Å². The summed E-state index contributed by atoms with van der Waals surface area (Å²) in [5.74, 6) is -0.662. The van der Waals surface area contributed by atoms with E-state index in [2.05, 4.69) is 12.2 Å². The van der Waals surface area contributed by atoms with Crippen molar-refractivity contribution in [3.05, 3.63) is 0 Å². The molecule has 6 nitrogen and oxygen atoms in total. The quantitative estimate of drug-likeness (QED) is 0.377. The van der Waals surface area contributed by atoms with Crippen molar-refractivity contribution in [2.45, 2.75) is 64.7 Å². The lowest BCUT2D eigenvalue weighted by molar-refractivity contribution is -0.883. The van der Waals surface area contributed by atoms with Crippen LogP contribution >= 0.6 is 0 Å². The Labute approximate surface area is 141 Å². The Balaban J connectivity index is 0. The van der Waals surface area contributed by atoms with Gasteiger partial charge in [0.15, 0.2) is 6.54 Å². The van der Waals surface area contributed by atoms with E-state index in [1.165, 1.54) is 32.1 Å². The largest absolute Gasteiger partial charge is 0.870 e. The first-order valence-corrected chi connectivity index (χ1v) is 8.68. The van der Waals surface area contributed by atoms with Crippen molar-refractivity contribution in [2.24, 2.45) is 0 Å². The van der Waals surface area contributed by atoms with Crippen LogP contribution in [0.2, 0.25) is 0 Å². The maximum absolute atomic E-state index is 11.7. The van der Waals surface area contributed by atoms with E-state index in [0.29, 0.717) is 17.4 Å². The molecule has 0 atom stereocenters. The summed E-state index contributed by atoms with van der Waals surface area (Å²) in [6.45, 7) is 3.72. The smallest absolute Gasteiger partial charge is 0.359 e. The highest BCUT2D eigenvalue weighted by atomic mass is 16.4. The third-order valence-electron chi connectivity index (χ3n) is 3.83. The Morgan fingerprint density at radius 2 is 1.52 bits per heavy atom. The van der Waals surface area contributed by atoms with Gasteiger partial charge in [0.2, 0.25) is 5.91 Å². The summed E-state index contributed by atoms with van der Waals surface area (Å²) < 4.78 is 0.447. The number of rotatable bonds is 14. The summed E-state index contributed by atoms with van der Waals surface area (Å²) in [4.78, 5) is 22.4. The van der Waals surface area contributed by atoms with Crippen LogP contribution in [-0.2, 0) is 9.59 Å². The van der Waals surface area contributed by atoms with Gasteiger partial charge in [-0.25, -0.2) is 4.79 Å². The van der Waals surface area contributed by atoms with Crippen LogP contribution in [-0.4, -0.2) is 60.7 Å². The molecule has 0 aliphatic carbocycles. The first kappa shape index (κ1) is 24.1. The second kappa shape index (κ2) is 14.5. The van der Waals surface area contributed by atoms with Gasteiger partial charge in [0.05, 0.1) is 20.6 Å². The summed E-state index contributed by atoms with van der Waals surface area (Å²) in [5.41, 5.74) is 0. The molecule has 1 amide bonds. The number of nitrogens with one attached hydrogen (secondary N) is 1. The molecule has 0 aromatic heterocycles. The van der Waals surface area contributed by atoms with E-state index in [4.69, 9.17) is 5.11 Å². The predicted molar refractivity (Wildman–Crippen MR) is 91.7 cm³/mol. The zero-order valence-electron chi connectivity index (χ0n) is 15.1. The van der Waals surface area contributed by atoms with Gasteiger partial charge in [0.1, 0.15) is 0 Å². The normalized spacial score (nSPS) is 10.9. The van der Waals surface area contributed by atoms with Gasteiger partial charge in [0.25, 0.3) is 0 Å². The Morgan fingerprint density at radius 1 is 0.957 bits per heavy atom. The molecular formula is C17H36N2O4. The van der Waals surface area contributed by atoms with Crippen LogP contribution in [0.25, 0.3) is 0 Å². The predicted octanol–water partition coefficient (Wildman–Crippen LogP) is 2.62. The van der Waals surface area contributed by atoms with Crippen molar-refractivity contribution in [3.63, 3.8) is 0 Å². The van der Waals surface area contributed by atoms with Gasteiger partial charge in [-0.2, -0.15) is 0 Å². The van der Waals surface area contributed by atoms with Crippen LogP contribution in [0, 0.1) is 0 Å². The maximum Gasteiger partial charge on any atom is 0.359 e. The molecule has 0 saturated heterocycles. The Morgan fingerprint density at radius 3 is 2.09 bits per heavy atom. The number of carbonyl (C=O) groups excluding carboxylic acids is 1. The summed E-state index contributed by atoms with van der Waals surface area (Å²) in [7, 11) is 3.79. The number of nitrogens with zero attached hydrogens (tertiary/aromatic N) is 1. The second-order valence-electron chi connectivity index (χ2n) is 6.79. The maximum atomic E-state index is 11.7. The number of amides is 1. The number of aliphatic carboxylic acids is 1. The molecule has 0 spiro atoms. The minimum atomic E-state index is -0.784. The molecule has 0 aliphatic rings. The Bertz CT molecular complexity index is 320. The van der Waals surface area contributed by atoms with Gasteiger partial charge in [-0.3, -0.25) is 4.79 Å². The molecule has 0 saturated carbocycles. The van der Waals surface area contributed by atoms with Crippen molar-refractivity contribution in [1.82, 2.24) is 5.32 Å². The average molecular weight is 332 g/mol. The van der Waals surface area contributed by atoms with Gasteiger partial charge >= 0.3 is 5.97 Å². The number of unbranched alkanes of at least 4 members (excludes halogenated alkanes) is 6. The SMILES string of the molecule is CCCCCCCCCC(=O)NCCC[N+](C)(C)CC(=O)O.[OH-]. The second-order valence-corrected chi connectivity index (χ2v) is 6.79. The van der Waals surface area contributed by atoms with E-state index >= 15 is 0 Å². The number of carboxylic acid groups (broad SMARTS) is 1. The zero-order valence-corrected chi connectivity index (χ0v) is 15.1. The van der Waals surface area contributed by atoms with Crippen molar-refractivity contribution >= 4 is 11.9 Å². The topological polar surface area (TPSA) is 96.4 Å². The third kappa shape index (κ3) is 17.1. The summed E-state index contributed by atoms with van der Waals surface area (Å²) in [5, 5.41) is 11.7. The molecule has 138 valence electrons. The highest BCUT2D eigenvalue weighted by Crippen LogP contribution is 2.08. The van der Waals surface area contributed by atoms with Crippen LogP contribution in [0.4, 0.5) is 0 Å². The fraction of sp³-hybridized carbons (Fsp3) is 0.882. The number of likely N-dealkylation sites (N-methyl/N-ethyl adjacent to an activating group) is 1. The van der Waals surface area contributed by atoms with Crippen molar-refractivity contribution < 1.29 is 24.7 Å². The molecule has 0 aromatic carbocycles. The lowest BCUT2D eigenvalue weighted by Crippen LogP contribution is -2.45. The first-order chi connectivity index (χ1) is 10.4. The first-order valence-electron chi connectivity index (χ1n) is 8.68. The summed E-state index contributed by atoms with van der Waals surface area (Å²) >= 11 is 0. The minimum Gasteiger partial charge on any atom is -0.870 e. The molecule has 0 unspecified atom stereocenters. The zero-order chi connectivity index (χ0) is 16.8. The Kier molecular flexibility index (Phi) is 15.2. The van der Waals surface area contributed by atoms with Gasteiger partial charge in [-0.15, -0.1) is 0 Å². The van der Waals surface area contributed by atoms with Gasteiger partial charge in [-0.05, 0) is 6.42 Å². The molecule has 0 heterocycles. The molecule has 0 rings (SSSR count). The minimum absolute atomic E-state index is 0. The van der Waals surface area contributed by atoms with E-state index in [1.54, 1.807) is 0 Å². The van der Waals surface area contributed by atoms with Crippen LogP contribution < -0.4 is 5.32 Å². The standard InChI is InChI=1S/C17H34N2O3.H2O/c1-4-5-6-7-8-9-10-12-16(20)18-13-11-14-19(2,3)15-17(21)22;/h4-15H2,1-3H3,(H-,18,20,21,22);1H2. The van der Waals surface area contributed by atoms with Crippen LogP contribution in [0.3, 0.4) is 0 Å². The van der Waals surface area contributed by atoms with Gasteiger partial charge in [-0.1, -0.05) is 45.4 Å². The molecule has 3 N–H and O–H groups in total. The summed E-state index contributed by atoms with van der Waals surface area (Å²) in [6.07, 6.45) is 9.94. The van der Waals surface area contributed by atoms with Crippen LogP contribution in [0.15, 0.2) is 0 Å². The van der Waals surface area contributed by atoms with E-state index in [1.807, 2.05) is 14.1 Å². The van der Waals surface area contributed by atoms with Crippen molar-refractivity contribution in [1.29, 1.82) is 0 Å². The van der Waals surface area contributed by atoms with E-state index < -0.39 is 5.97 Å². The fourth-order valence-electron chi connectivity index (χ4n) is 2.51. The van der Waals surface area contributed by atoms with E-state index in [9.17, 15) is 9.59 Å². The molecule has 0 bridgehead atoms. The van der Waals surface area contributed by atoms with Gasteiger partial charge in [0, 0.05) is 19.4 Å². The molecular weight excluding hydrogens is 296 g/mol. The number of carbonyl (C=O) groups is 2. The van der Waals surface area contributed by atoms with Crippen LogP contribution in [0.1, 0.15) is 64.7 Å². The molecule has 23 heavy (non-hydrogen) atoms. The number of hydrogen-bond donors (Lipinski definition) is 2. The monoisotopic (exact) mass is 332 g/mol. The van der Waals surface area contributed by atoms with Crippen LogP contribution in [0.5, 0.6) is 0 Å². The highest BCUT2D eigenvalue weighted by Gasteiger charge is 2.18. The molecule has 0 fully saturated rings.